The van der Waals surface area contributed by atoms with Crippen LogP contribution >= 0.6 is 11.3 Å². The van der Waals surface area contributed by atoms with Gasteiger partial charge in [-0.1, -0.05) is 13.8 Å². The fourth-order valence-electron chi connectivity index (χ4n) is 1.51. The molecule has 1 atom stereocenters. The van der Waals surface area contributed by atoms with E-state index < -0.39 is 11.9 Å². The van der Waals surface area contributed by atoms with Gasteiger partial charge in [-0.25, -0.2) is 4.79 Å². The van der Waals surface area contributed by atoms with Gasteiger partial charge in [-0.05, 0) is 19.8 Å². The Balaban J connectivity index is 3.23. The highest BCUT2D eigenvalue weighted by atomic mass is 32.1. The molecule has 0 fully saturated rings. The maximum Gasteiger partial charge on any atom is 0.343 e. The predicted molar refractivity (Wildman–Crippen MR) is 81.1 cm³/mol. The van der Waals surface area contributed by atoms with Crippen LogP contribution in [0.2, 0.25) is 0 Å². The molecular weight excluding hydrogens is 278 g/mol. The Morgan fingerprint density at radius 3 is 2.40 bits per heavy atom. The van der Waals surface area contributed by atoms with Crippen LogP contribution in [-0.2, 0) is 4.74 Å². The third kappa shape index (κ3) is 3.41. The second-order valence-corrected chi connectivity index (χ2v) is 5.83. The normalized spacial score (nSPS) is 12.2. The number of primary amides is 1. The fourth-order valence-corrected chi connectivity index (χ4v) is 2.56. The standard InChI is InChI=1S/C13H21N3O3S/c1-5-19-13(18)8-9(14)10(11(15)17)20-12(8)16-7(4)6(2)3/h6-7,16H,5,14H2,1-4H3,(H2,15,17). The van der Waals surface area contributed by atoms with Crippen LogP contribution in [0.4, 0.5) is 10.7 Å². The van der Waals surface area contributed by atoms with Gasteiger partial charge in [0.25, 0.3) is 5.91 Å². The molecule has 0 aliphatic rings. The number of rotatable bonds is 6. The minimum Gasteiger partial charge on any atom is -0.462 e. The molecule has 112 valence electrons. The zero-order valence-corrected chi connectivity index (χ0v) is 13.0. The Bertz CT molecular complexity index is 511. The van der Waals surface area contributed by atoms with E-state index in [9.17, 15) is 9.59 Å². The number of ether oxygens (including phenoxy) is 1. The molecule has 1 unspecified atom stereocenters. The SMILES string of the molecule is CCOC(=O)c1c(NC(C)C(C)C)sc(C(N)=O)c1N. The highest BCUT2D eigenvalue weighted by Crippen LogP contribution is 2.36. The van der Waals surface area contributed by atoms with Gasteiger partial charge >= 0.3 is 5.97 Å². The first-order chi connectivity index (χ1) is 9.29. The van der Waals surface area contributed by atoms with Crippen LogP contribution in [0.5, 0.6) is 0 Å². The number of nitrogen functional groups attached to an aromatic ring is 1. The Morgan fingerprint density at radius 2 is 1.95 bits per heavy atom. The maximum atomic E-state index is 12.0. The van der Waals surface area contributed by atoms with Crippen LogP contribution in [0, 0.1) is 5.92 Å². The van der Waals surface area contributed by atoms with E-state index in [1.165, 1.54) is 0 Å². The van der Waals surface area contributed by atoms with E-state index >= 15 is 0 Å². The van der Waals surface area contributed by atoms with Crippen molar-refractivity contribution in [1.82, 2.24) is 0 Å². The van der Waals surface area contributed by atoms with Gasteiger partial charge in [0.2, 0.25) is 0 Å². The van der Waals surface area contributed by atoms with Crippen molar-refractivity contribution in [3.63, 3.8) is 0 Å². The number of nitrogens with two attached hydrogens (primary N) is 2. The van der Waals surface area contributed by atoms with Crippen molar-refractivity contribution in [3.05, 3.63) is 10.4 Å². The van der Waals surface area contributed by atoms with Gasteiger partial charge in [-0.15, -0.1) is 11.3 Å². The van der Waals surface area contributed by atoms with Gasteiger partial charge in [0.1, 0.15) is 15.4 Å². The molecule has 5 N–H and O–H groups in total. The van der Waals surface area contributed by atoms with Crippen molar-refractivity contribution < 1.29 is 14.3 Å². The molecule has 1 heterocycles. The first-order valence-electron chi connectivity index (χ1n) is 6.45. The quantitative estimate of drug-likeness (QED) is 0.697. The van der Waals surface area contributed by atoms with Gasteiger partial charge in [0.15, 0.2) is 0 Å². The van der Waals surface area contributed by atoms with Gasteiger partial charge in [0, 0.05) is 6.04 Å². The zero-order valence-electron chi connectivity index (χ0n) is 12.1. The summed E-state index contributed by atoms with van der Waals surface area (Å²) in [6, 6.07) is 0.113. The summed E-state index contributed by atoms with van der Waals surface area (Å²) in [5.74, 6) is -0.846. The molecule has 1 amide bonds. The molecule has 0 aliphatic heterocycles. The Hall–Kier alpha value is -1.76. The molecule has 20 heavy (non-hydrogen) atoms. The van der Waals surface area contributed by atoms with E-state index in [2.05, 4.69) is 5.32 Å². The first kappa shape index (κ1) is 16.3. The summed E-state index contributed by atoms with van der Waals surface area (Å²) >= 11 is 1.08. The minimum atomic E-state index is -0.650. The largest absolute Gasteiger partial charge is 0.462 e. The first-order valence-corrected chi connectivity index (χ1v) is 7.26. The number of nitrogens with one attached hydrogen (secondary N) is 1. The molecule has 0 spiro atoms. The van der Waals surface area contributed by atoms with E-state index in [-0.39, 0.29) is 28.8 Å². The second kappa shape index (κ2) is 6.60. The molecule has 0 aromatic carbocycles. The lowest BCUT2D eigenvalue weighted by molar-refractivity contribution is 0.0529. The van der Waals surface area contributed by atoms with Crippen LogP contribution in [-0.4, -0.2) is 24.5 Å². The summed E-state index contributed by atoms with van der Waals surface area (Å²) in [6.07, 6.45) is 0. The number of carbonyl (C=O) groups is 2. The third-order valence-corrected chi connectivity index (χ3v) is 4.16. The molecule has 0 aliphatic carbocycles. The van der Waals surface area contributed by atoms with Crippen LogP contribution < -0.4 is 16.8 Å². The van der Waals surface area contributed by atoms with Crippen LogP contribution in [0.3, 0.4) is 0 Å². The van der Waals surface area contributed by atoms with Crippen molar-refractivity contribution in [2.75, 3.05) is 17.7 Å². The highest BCUT2D eigenvalue weighted by Gasteiger charge is 2.26. The number of anilines is 2. The van der Waals surface area contributed by atoms with E-state index in [4.69, 9.17) is 16.2 Å². The number of amides is 1. The number of thiophene rings is 1. The molecule has 0 saturated carbocycles. The molecule has 0 saturated heterocycles. The molecule has 0 bridgehead atoms. The van der Waals surface area contributed by atoms with Crippen LogP contribution in [0.1, 0.15) is 47.7 Å². The van der Waals surface area contributed by atoms with Crippen molar-refractivity contribution in [3.8, 4) is 0 Å². The number of hydrogen-bond acceptors (Lipinski definition) is 6. The second-order valence-electron chi connectivity index (χ2n) is 4.81. The zero-order chi connectivity index (χ0) is 15.4. The summed E-state index contributed by atoms with van der Waals surface area (Å²) in [4.78, 5) is 23.5. The topological polar surface area (TPSA) is 107 Å². The van der Waals surface area contributed by atoms with Gasteiger partial charge in [-0.3, -0.25) is 4.79 Å². The lowest BCUT2D eigenvalue weighted by Gasteiger charge is -2.18. The number of carbonyl (C=O) groups excluding carboxylic acids is 2. The van der Waals surface area contributed by atoms with E-state index in [1.807, 2.05) is 20.8 Å². The monoisotopic (exact) mass is 299 g/mol. The lowest BCUT2D eigenvalue weighted by atomic mass is 10.1. The molecule has 7 heteroatoms. The molecule has 6 nitrogen and oxygen atoms in total. The molecular formula is C13H21N3O3S. The molecule has 1 rings (SSSR count). The summed E-state index contributed by atoms with van der Waals surface area (Å²) in [5, 5.41) is 3.72. The molecule has 1 aromatic rings. The predicted octanol–water partition coefficient (Wildman–Crippen LogP) is 2.06. The number of hydrogen-bond donors (Lipinski definition) is 3. The maximum absolute atomic E-state index is 12.0. The highest BCUT2D eigenvalue weighted by molar-refractivity contribution is 7.19. The van der Waals surface area contributed by atoms with E-state index in [1.54, 1.807) is 6.92 Å². The third-order valence-electron chi connectivity index (χ3n) is 3.01. The lowest BCUT2D eigenvalue weighted by Crippen LogP contribution is -2.22. The van der Waals surface area contributed by atoms with Crippen molar-refractivity contribution in [1.29, 1.82) is 0 Å². The Kier molecular flexibility index (Phi) is 5.38. The summed E-state index contributed by atoms with van der Waals surface area (Å²) < 4.78 is 4.98. The van der Waals surface area contributed by atoms with Gasteiger partial charge in [0.05, 0.1) is 12.3 Å². The van der Waals surface area contributed by atoms with Gasteiger partial charge in [-0.2, -0.15) is 0 Å². The number of esters is 1. The van der Waals surface area contributed by atoms with Crippen molar-refractivity contribution >= 4 is 33.9 Å². The average Bonchev–Trinajstić information content (AvgIpc) is 2.66. The van der Waals surface area contributed by atoms with Gasteiger partial charge < -0.3 is 21.5 Å². The average molecular weight is 299 g/mol. The Labute approximate surface area is 122 Å². The van der Waals surface area contributed by atoms with Crippen LogP contribution in [0.25, 0.3) is 0 Å². The van der Waals surface area contributed by atoms with Crippen molar-refractivity contribution in [2.24, 2.45) is 11.7 Å². The smallest absolute Gasteiger partial charge is 0.343 e. The summed E-state index contributed by atoms with van der Waals surface area (Å²) in [7, 11) is 0. The van der Waals surface area contributed by atoms with E-state index in [0.29, 0.717) is 10.9 Å². The van der Waals surface area contributed by atoms with Crippen molar-refractivity contribution in [2.45, 2.75) is 33.7 Å². The minimum absolute atomic E-state index is 0.0828. The summed E-state index contributed by atoms with van der Waals surface area (Å²) in [6.45, 7) is 8.03. The molecule has 1 aromatic heterocycles. The van der Waals surface area contributed by atoms with Crippen LogP contribution in [0.15, 0.2) is 0 Å². The van der Waals surface area contributed by atoms with E-state index in [0.717, 1.165) is 11.3 Å². The molecule has 0 radical (unpaired) electrons. The Morgan fingerprint density at radius 1 is 1.35 bits per heavy atom. The summed E-state index contributed by atoms with van der Waals surface area (Å²) in [5.41, 5.74) is 11.4. The fraction of sp³-hybridized carbons (Fsp3) is 0.538.